The van der Waals surface area contributed by atoms with Gasteiger partial charge in [-0.1, -0.05) is 23.2 Å². The van der Waals surface area contributed by atoms with Crippen molar-refractivity contribution in [3.63, 3.8) is 0 Å². The number of carbonyl (C=O) groups excluding carboxylic acids is 1. The van der Waals surface area contributed by atoms with Crippen LogP contribution >= 0.6 is 23.2 Å². The number of methoxy groups -OCH3 is 1. The van der Waals surface area contributed by atoms with E-state index in [1.807, 2.05) is 0 Å². The van der Waals surface area contributed by atoms with Crippen molar-refractivity contribution in [3.8, 4) is 0 Å². The van der Waals surface area contributed by atoms with Crippen LogP contribution in [0.15, 0.2) is 24.3 Å². The van der Waals surface area contributed by atoms with E-state index in [1.165, 1.54) is 13.2 Å². The second-order valence-corrected chi connectivity index (χ2v) is 4.70. The van der Waals surface area contributed by atoms with E-state index in [1.54, 1.807) is 24.3 Å². The molecule has 0 saturated heterocycles. The molecule has 1 amide bonds. The van der Waals surface area contributed by atoms with E-state index in [2.05, 4.69) is 5.32 Å². The maximum Gasteiger partial charge on any atom is 0.244 e. The van der Waals surface area contributed by atoms with Gasteiger partial charge in [0.2, 0.25) is 5.91 Å². The minimum atomic E-state index is -0.725. The van der Waals surface area contributed by atoms with Gasteiger partial charge in [-0.2, -0.15) is 0 Å². The second-order valence-electron chi connectivity index (χ2n) is 3.85. The van der Waals surface area contributed by atoms with Crippen molar-refractivity contribution in [1.29, 1.82) is 0 Å². The lowest BCUT2D eigenvalue weighted by molar-refractivity contribution is -0.117. The second kappa shape index (κ2) is 8.17. The van der Waals surface area contributed by atoms with Crippen molar-refractivity contribution in [2.24, 2.45) is 0 Å². The summed E-state index contributed by atoms with van der Waals surface area (Å²) in [6, 6.07) is 4.99. The highest BCUT2D eigenvalue weighted by molar-refractivity contribution is 6.34. The molecule has 0 aliphatic heterocycles. The van der Waals surface area contributed by atoms with Gasteiger partial charge in [-0.15, -0.1) is 0 Å². The highest BCUT2D eigenvalue weighted by Crippen LogP contribution is 2.21. The molecular formula is C13H15Cl2NO3. The number of aliphatic hydroxyl groups is 1. The van der Waals surface area contributed by atoms with Gasteiger partial charge in [0.25, 0.3) is 0 Å². The molecule has 0 spiro atoms. The van der Waals surface area contributed by atoms with Crippen molar-refractivity contribution in [2.45, 2.75) is 6.10 Å². The van der Waals surface area contributed by atoms with Gasteiger partial charge in [0.1, 0.15) is 0 Å². The summed E-state index contributed by atoms with van der Waals surface area (Å²) in [5, 5.41) is 13.0. The zero-order valence-electron chi connectivity index (χ0n) is 10.4. The fraction of sp³-hybridized carbons (Fsp3) is 0.308. The van der Waals surface area contributed by atoms with Gasteiger partial charge in [0.15, 0.2) is 0 Å². The fourth-order valence-corrected chi connectivity index (χ4v) is 1.70. The van der Waals surface area contributed by atoms with Crippen LogP contribution in [0.3, 0.4) is 0 Å². The maximum atomic E-state index is 11.5. The fourth-order valence-electron chi connectivity index (χ4n) is 1.34. The summed E-state index contributed by atoms with van der Waals surface area (Å²) in [4.78, 5) is 11.5. The molecule has 0 aliphatic carbocycles. The largest absolute Gasteiger partial charge is 0.389 e. The van der Waals surface area contributed by atoms with Crippen LogP contribution in [-0.4, -0.2) is 37.4 Å². The van der Waals surface area contributed by atoms with E-state index in [0.717, 1.165) is 0 Å². The van der Waals surface area contributed by atoms with Gasteiger partial charge in [-0.25, -0.2) is 0 Å². The summed E-state index contributed by atoms with van der Waals surface area (Å²) in [7, 11) is 1.48. The molecule has 104 valence electrons. The lowest BCUT2D eigenvalue weighted by Crippen LogP contribution is -2.33. The summed E-state index contributed by atoms with van der Waals surface area (Å²) in [5.41, 5.74) is 0.654. The van der Waals surface area contributed by atoms with Crippen LogP contribution in [-0.2, 0) is 9.53 Å². The first-order chi connectivity index (χ1) is 9.02. The number of amides is 1. The van der Waals surface area contributed by atoms with Crippen LogP contribution in [0.25, 0.3) is 6.08 Å². The zero-order chi connectivity index (χ0) is 14.3. The molecule has 4 nitrogen and oxygen atoms in total. The Morgan fingerprint density at radius 3 is 2.95 bits per heavy atom. The SMILES string of the molecule is COCC(O)CNC(=O)C=Cc1cc(Cl)ccc1Cl. The van der Waals surface area contributed by atoms with Gasteiger partial charge in [-0.3, -0.25) is 4.79 Å². The highest BCUT2D eigenvalue weighted by atomic mass is 35.5. The number of nitrogens with one attached hydrogen (secondary N) is 1. The molecule has 1 unspecified atom stereocenters. The Labute approximate surface area is 122 Å². The molecule has 6 heteroatoms. The Morgan fingerprint density at radius 1 is 1.53 bits per heavy atom. The smallest absolute Gasteiger partial charge is 0.244 e. The van der Waals surface area contributed by atoms with Gasteiger partial charge >= 0.3 is 0 Å². The van der Waals surface area contributed by atoms with Crippen molar-refractivity contribution in [3.05, 3.63) is 39.9 Å². The van der Waals surface area contributed by atoms with Crippen LogP contribution in [0.4, 0.5) is 0 Å². The van der Waals surface area contributed by atoms with Gasteiger partial charge in [0.05, 0.1) is 12.7 Å². The van der Waals surface area contributed by atoms with E-state index in [0.29, 0.717) is 15.6 Å². The Bertz CT molecular complexity index is 463. The molecule has 0 fully saturated rings. The molecule has 0 heterocycles. The van der Waals surface area contributed by atoms with Crippen LogP contribution in [0.2, 0.25) is 10.0 Å². The summed E-state index contributed by atoms with van der Waals surface area (Å²) >= 11 is 11.8. The number of hydrogen-bond acceptors (Lipinski definition) is 3. The van der Waals surface area contributed by atoms with Crippen LogP contribution in [0, 0.1) is 0 Å². The predicted molar refractivity (Wildman–Crippen MR) is 76.4 cm³/mol. The lowest BCUT2D eigenvalue weighted by atomic mass is 10.2. The summed E-state index contributed by atoms with van der Waals surface area (Å²) in [6.45, 7) is 0.296. The molecule has 0 radical (unpaired) electrons. The molecule has 0 bridgehead atoms. The molecule has 0 aliphatic rings. The minimum Gasteiger partial charge on any atom is -0.389 e. The molecule has 1 aromatic rings. The van der Waals surface area contributed by atoms with E-state index in [9.17, 15) is 9.90 Å². The third-order valence-electron chi connectivity index (χ3n) is 2.24. The Morgan fingerprint density at radius 2 is 2.26 bits per heavy atom. The number of aliphatic hydroxyl groups excluding tert-OH is 1. The number of ether oxygens (including phenoxy) is 1. The van der Waals surface area contributed by atoms with E-state index in [-0.39, 0.29) is 19.1 Å². The molecule has 0 aromatic heterocycles. The lowest BCUT2D eigenvalue weighted by Gasteiger charge is -2.09. The average Bonchev–Trinajstić information content (AvgIpc) is 2.38. The summed E-state index contributed by atoms with van der Waals surface area (Å²) < 4.78 is 4.74. The van der Waals surface area contributed by atoms with E-state index >= 15 is 0 Å². The van der Waals surface area contributed by atoms with Gasteiger partial charge < -0.3 is 15.2 Å². The molecule has 19 heavy (non-hydrogen) atoms. The molecule has 1 aromatic carbocycles. The third-order valence-corrected chi connectivity index (χ3v) is 2.82. The Hall–Kier alpha value is -1.07. The minimum absolute atomic E-state index is 0.125. The van der Waals surface area contributed by atoms with E-state index < -0.39 is 6.10 Å². The summed E-state index contributed by atoms with van der Waals surface area (Å²) in [5.74, 6) is -0.328. The number of rotatable bonds is 6. The van der Waals surface area contributed by atoms with Gasteiger partial charge in [0, 0.05) is 29.8 Å². The van der Waals surface area contributed by atoms with Crippen LogP contribution in [0.1, 0.15) is 5.56 Å². The van der Waals surface area contributed by atoms with Crippen molar-refractivity contribution in [1.82, 2.24) is 5.32 Å². The van der Waals surface area contributed by atoms with Crippen LogP contribution in [0.5, 0.6) is 0 Å². The Balaban J connectivity index is 2.52. The summed E-state index contributed by atoms with van der Waals surface area (Å²) in [6.07, 6.45) is 2.17. The molecule has 2 N–H and O–H groups in total. The first-order valence-electron chi connectivity index (χ1n) is 5.61. The molecule has 1 rings (SSSR count). The number of hydrogen-bond donors (Lipinski definition) is 2. The topological polar surface area (TPSA) is 58.6 Å². The molecular weight excluding hydrogens is 289 g/mol. The molecule has 1 atom stereocenters. The predicted octanol–water partition coefficient (Wildman–Crippen LogP) is 2.13. The van der Waals surface area contributed by atoms with Crippen molar-refractivity contribution >= 4 is 35.2 Å². The van der Waals surface area contributed by atoms with E-state index in [4.69, 9.17) is 27.9 Å². The normalized spacial score (nSPS) is 12.6. The monoisotopic (exact) mass is 303 g/mol. The average molecular weight is 304 g/mol. The van der Waals surface area contributed by atoms with Crippen LogP contribution < -0.4 is 5.32 Å². The Kier molecular flexibility index (Phi) is 6.87. The van der Waals surface area contributed by atoms with Gasteiger partial charge in [-0.05, 0) is 29.8 Å². The number of benzene rings is 1. The standard InChI is InChI=1S/C13H15Cl2NO3/c1-19-8-11(17)7-16-13(18)5-2-9-6-10(14)3-4-12(9)15/h2-6,11,17H,7-8H2,1H3,(H,16,18). The highest BCUT2D eigenvalue weighted by Gasteiger charge is 2.04. The number of carbonyl (C=O) groups is 1. The zero-order valence-corrected chi connectivity index (χ0v) is 11.9. The van der Waals surface area contributed by atoms with Crippen molar-refractivity contribution < 1.29 is 14.6 Å². The molecule has 0 saturated carbocycles. The number of halogens is 2. The van der Waals surface area contributed by atoms with Crippen molar-refractivity contribution in [2.75, 3.05) is 20.3 Å². The first kappa shape index (κ1) is 16.0. The maximum absolute atomic E-state index is 11.5. The first-order valence-corrected chi connectivity index (χ1v) is 6.36. The third kappa shape index (κ3) is 6.07. The quantitative estimate of drug-likeness (QED) is 0.792.